The van der Waals surface area contributed by atoms with Crippen LogP contribution in [0, 0.1) is 0 Å². The van der Waals surface area contributed by atoms with Crippen LogP contribution >= 0.6 is 0 Å². The molecule has 1 aromatic carbocycles. The summed E-state index contributed by atoms with van der Waals surface area (Å²) in [6, 6.07) is 7.25. The molecule has 5 heteroatoms. The summed E-state index contributed by atoms with van der Waals surface area (Å²) in [6.07, 6.45) is 0.819. The van der Waals surface area contributed by atoms with Crippen molar-refractivity contribution < 1.29 is 4.79 Å². The smallest absolute Gasteiger partial charge is 0.282 e. The molecule has 94 valence electrons. The zero-order valence-corrected chi connectivity index (χ0v) is 10.4. The summed E-state index contributed by atoms with van der Waals surface area (Å²) in [7, 11) is 1.64. The molecule has 0 aliphatic rings. The minimum absolute atomic E-state index is 0.0512. The first-order chi connectivity index (χ1) is 8.65. The van der Waals surface area contributed by atoms with Crippen molar-refractivity contribution in [2.24, 2.45) is 7.05 Å². The predicted molar refractivity (Wildman–Crippen MR) is 69.6 cm³/mol. The number of aryl methyl sites for hydroxylation is 1. The van der Waals surface area contributed by atoms with Crippen molar-refractivity contribution in [1.29, 1.82) is 0 Å². The van der Waals surface area contributed by atoms with E-state index in [1.54, 1.807) is 19.2 Å². The first-order valence-corrected chi connectivity index (χ1v) is 5.89. The zero-order valence-electron chi connectivity index (χ0n) is 10.4. The summed E-state index contributed by atoms with van der Waals surface area (Å²) >= 11 is 0. The number of amides is 1. The van der Waals surface area contributed by atoms with Gasteiger partial charge in [-0.25, -0.2) is 4.98 Å². The maximum absolute atomic E-state index is 12.0. The fourth-order valence-electron chi connectivity index (χ4n) is 1.75. The van der Waals surface area contributed by atoms with E-state index in [1.807, 2.05) is 19.1 Å². The molecule has 0 bridgehead atoms. The highest BCUT2D eigenvalue weighted by Crippen LogP contribution is 2.08. The van der Waals surface area contributed by atoms with Crippen LogP contribution in [-0.4, -0.2) is 22.0 Å². The second-order valence-electron chi connectivity index (χ2n) is 4.07. The first kappa shape index (κ1) is 12.3. The van der Waals surface area contributed by atoms with Gasteiger partial charge in [-0.3, -0.25) is 9.59 Å². The van der Waals surface area contributed by atoms with Crippen molar-refractivity contribution >= 4 is 16.9 Å². The molecule has 0 saturated heterocycles. The molecule has 2 rings (SSSR count). The number of para-hydroxylation sites is 2. The zero-order chi connectivity index (χ0) is 13.1. The van der Waals surface area contributed by atoms with E-state index in [0.717, 1.165) is 11.9 Å². The lowest BCUT2D eigenvalue weighted by Gasteiger charge is -2.07. The standard InChI is InChI=1S/C13H15N3O2/c1-3-8-14-12(17)11-13(18)16(2)10-7-5-4-6-9(10)15-11/h4-7H,3,8H2,1-2H3,(H,14,17). The van der Waals surface area contributed by atoms with Gasteiger partial charge in [0.05, 0.1) is 11.0 Å². The molecule has 1 N–H and O–H groups in total. The molecule has 18 heavy (non-hydrogen) atoms. The van der Waals surface area contributed by atoms with E-state index in [4.69, 9.17) is 0 Å². The van der Waals surface area contributed by atoms with Gasteiger partial charge in [-0.1, -0.05) is 19.1 Å². The molecule has 1 aromatic heterocycles. The first-order valence-electron chi connectivity index (χ1n) is 5.89. The highest BCUT2D eigenvalue weighted by molar-refractivity contribution is 5.93. The maximum atomic E-state index is 12.0. The van der Waals surface area contributed by atoms with Gasteiger partial charge in [0, 0.05) is 13.6 Å². The van der Waals surface area contributed by atoms with Gasteiger partial charge in [0.25, 0.3) is 11.5 Å². The van der Waals surface area contributed by atoms with Crippen LogP contribution in [0.4, 0.5) is 0 Å². The third-order valence-corrected chi connectivity index (χ3v) is 2.73. The maximum Gasteiger partial charge on any atom is 0.282 e. The van der Waals surface area contributed by atoms with Crippen LogP contribution < -0.4 is 10.9 Å². The van der Waals surface area contributed by atoms with Crippen LogP contribution in [0.5, 0.6) is 0 Å². The summed E-state index contributed by atoms with van der Waals surface area (Å²) in [5.74, 6) is -0.414. The Hall–Kier alpha value is -2.17. The molecule has 0 aliphatic heterocycles. The van der Waals surface area contributed by atoms with Gasteiger partial charge in [-0.05, 0) is 18.6 Å². The van der Waals surface area contributed by atoms with Crippen LogP contribution in [0.15, 0.2) is 29.1 Å². The van der Waals surface area contributed by atoms with E-state index in [1.165, 1.54) is 4.57 Å². The summed E-state index contributed by atoms with van der Waals surface area (Å²) < 4.78 is 1.45. The number of rotatable bonds is 3. The lowest BCUT2D eigenvalue weighted by Crippen LogP contribution is -2.34. The van der Waals surface area contributed by atoms with E-state index in [-0.39, 0.29) is 11.3 Å². The Bertz CT molecular complexity index is 646. The summed E-state index contributed by atoms with van der Waals surface area (Å²) in [4.78, 5) is 28.0. The van der Waals surface area contributed by atoms with Crippen molar-refractivity contribution in [3.63, 3.8) is 0 Å². The summed E-state index contributed by atoms with van der Waals surface area (Å²) in [5, 5.41) is 2.67. The lowest BCUT2D eigenvalue weighted by atomic mass is 10.2. The lowest BCUT2D eigenvalue weighted by molar-refractivity contribution is 0.0947. The predicted octanol–water partition coefficient (Wildman–Crippen LogP) is 1.07. The highest BCUT2D eigenvalue weighted by Gasteiger charge is 2.14. The Labute approximate surface area is 104 Å². The van der Waals surface area contributed by atoms with E-state index in [0.29, 0.717) is 12.1 Å². The fourth-order valence-corrected chi connectivity index (χ4v) is 1.75. The average molecular weight is 245 g/mol. The second-order valence-corrected chi connectivity index (χ2v) is 4.07. The van der Waals surface area contributed by atoms with E-state index < -0.39 is 5.91 Å². The van der Waals surface area contributed by atoms with Crippen LogP contribution in [-0.2, 0) is 7.05 Å². The van der Waals surface area contributed by atoms with Gasteiger partial charge in [-0.2, -0.15) is 0 Å². The number of carbonyl (C=O) groups is 1. The van der Waals surface area contributed by atoms with Crippen molar-refractivity contribution in [1.82, 2.24) is 14.9 Å². The van der Waals surface area contributed by atoms with Gasteiger partial charge in [0.15, 0.2) is 5.69 Å². The van der Waals surface area contributed by atoms with E-state index in [9.17, 15) is 9.59 Å². The quantitative estimate of drug-likeness (QED) is 0.879. The summed E-state index contributed by atoms with van der Waals surface area (Å²) in [6.45, 7) is 2.49. The molecule has 0 fully saturated rings. The van der Waals surface area contributed by atoms with E-state index in [2.05, 4.69) is 10.3 Å². The number of aromatic nitrogens is 2. The van der Waals surface area contributed by atoms with E-state index >= 15 is 0 Å². The van der Waals surface area contributed by atoms with Crippen molar-refractivity contribution in [2.45, 2.75) is 13.3 Å². The van der Waals surface area contributed by atoms with Crippen molar-refractivity contribution in [3.05, 3.63) is 40.3 Å². The Kier molecular flexibility index (Phi) is 3.41. The Morgan fingerprint density at radius 2 is 2.11 bits per heavy atom. The topological polar surface area (TPSA) is 64.0 Å². The molecule has 0 radical (unpaired) electrons. The van der Waals surface area contributed by atoms with Gasteiger partial charge >= 0.3 is 0 Å². The minimum Gasteiger partial charge on any atom is -0.351 e. The normalized spacial score (nSPS) is 10.6. The van der Waals surface area contributed by atoms with Gasteiger partial charge < -0.3 is 9.88 Å². The third-order valence-electron chi connectivity index (χ3n) is 2.73. The monoisotopic (exact) mass is 245 g/mol. The molecular formula is C13H15N3O2. The molecule has 0 saturated carbocycles. The number of hydrogen-bond donors (Lipinski definition) is 1. The van der Waals surface area contributed by atoms with Crippen LogP contribution in [0.25, 0.3) is 11.0 Å². The fraction of sp³-hybridized carbons (Fsp3) is 0.308. The summed E-state index contributed by atoms with van der Waals surface area (Å²) in [5.41, 5.74) is 0.933. The van der Waals surface area contributed by atoms with Gasteiger partial charge in [-0.15, -0.1) is 0 Å². The molecule has 0 atom stereocenters. The number of nitrogens with one attached hydrogen (secondary N) is 1. The molecule has 1 heterocycles. The number of carbonyl (C=O) groups excluding carboxylic acids is 1. The largest absolute Gasteiger partial charge is 0.351 e. The Balaban J connectivity index is 2.55. The molecule has 1 amide bonds. The number of hydrogen-bond acceptors (Lipinski definition) is 3. The molecular weight excluding hydrogens is 230 g/mol. The third kappa shape index (κ3) is 2.11. The van der Waals surface area contributed by atoms with Crippen LogP contribution in [0.2, 0.25) is 0 Å². The minimum atomic E-state index is -0.414. The number of benzene rings is 1. The van der Waals surface area contributed by atoms with Gasteiger partial charge in [0.2, 0.25) is 0 Å². The molecule has 2 aromatic rings. The van der Waals surface area contributed by atoms with Crippen LogP contribution in [0.1, 0.15) is 23.8 Å². The highest BCUT2D eigenvalue weighted by atomic mass is 16.2. The number of fused-ring (bicyclic) bond motifs is 1. The SMILES string of the molecule is CCCNC(=O)c1nc2ccccc2n(C)c1=O. The molecule has 5 nitrogen and oxygen atoms in total. The Morgan fingerprint density at radius 1 is 1.39 bits per heavy atom. The number of nitrogens with zero attached hydrogens (tertiary/aromatic N) is 2. The van der Waals surface area contributed by atoms with Crippen LogP contribution in [0.3, 0.4) is 0 Å². The molecule has 0 aliphatic carbocycles. The molecule has 0 unspecified atom stereocenters. The van der Waals surface area contributed by atoms with Gasteiger partial charge in [0.1, 0.15) is 0 Å². The second kappa shape index (κ2) is 5.00. The van der Waals surface area contributed by atoms with Crippen molar-refractivity contribution in [3.8, 4) is 0 Å². The van der Waals surface area contributed by atoms with Crippen molar-refractivity contribution in [2.75, 3.05) is 6.54 Å². The average Bonchev–Trinajstić information content (AvgIpc) is 2.40. The Morgan fingerprint density at radius 3 is 2.83 bits per heavy atom. The molecule has 0 spiro atoms.